The Morgan fingerprint density at radius 2 is 1.97 bits per heavy atom. The Hall–Kier alpha value is -3.67. The summed E-state index contributed by atoms with van der Waals surface area (Å²) in [6.45, 7) is 2.33. The van der Waals surface area contributed by atoms with Crippen LogP contribution in [0.15, 0.2) is 34.3 Å². The summed E-state index contributed by atoms with van der Waals surface area (Å²) >= 11 is 0. The standard InChI is InChI=1S/C18H22N10O2/c19-16-17(25-30-24-16)28-14(12-27-9-3-1-2-4-10-27)15(22-26-28)18(29)23-21-11-13-5-7-20-8-6-13/h5-8,11H,1-4,9-10,12H2,(H2,19,24)(H,23,29)/b21-11-. The molecule has 1 aliphatic rings. The molecule has 12 heteroatoms. The van der Waals surface area contributed by atoms with Crippen molar-refractivity contribution in [1.82, 2.24) is 40.6 Å². The molecule has 3 aromatic rings. The van der Waals surface area contributed by atoms with Crippen LogP contribution >= 0.6 is 0 Å². The van der Waals surface area contributed by atoms with Gasteiger partial charge in [0.1, 0.15) is 0 Å². The van der Waals surface area contributed by atoms with E-state index in [-0.39, 0.29) is 17.3 Å². The lowest BCUT2D eigenvalue weighted by atomic mass is 10.2. The van der Waals surface area contributed by atoms with E-state index in [4.69, 9.17) is 10.4 Å². The smallest absolute Gasteiger partial charge is 0.293 e. The number of hydrogen-bond donors (Lipinski definition) is 2. The fourth-order valence-electron chi connectivity index (χ4n) is 3.30. The van der Waals surface area contributed by atoms with Crippen molar-refractivity contribution in [2.24, 2.45) is 5.10 Å². The zero-order valence-corrected chi connectivity index (χ0v) is 16.3. The molecule has 4 heterocycles. The molecular weight excluding hydrogens is 388 g/mol. The highest BCUT2D eigenvalue weighted by Gasteiger charge is 2.25. The van der Waals surface area contributed by atoms with Gasteiger partial charge in [-0.05, 0) is 53.9 Å². The largest absolute Gasteiger partial charge is 0.378 e. The van der Waals surface area contributed by atoms with E-state index in [1.54, 1.807) is 24.5 Å². The van der Waals surface area contributed by atoms with Crippen LogP contribution in [-0.4, -0.2) is 60.4 Å². The molecule has 1 saturated heterocycles. The van der Waals surface area contributed by atoms with Crippen LogP contribution in [0.1, 0.15) is 47.4 Å². The minimum Gasteiger partial charge on any atom is -0.378 e. The Balaban J connectivity index is 1.58. The number of nitrogens with one attached hydrogen (secondary N) is 1. The van der Waals surface area contributed by atoms with Crippen molar-refractivity contribution in [3.63, 3.8) is 0 Å². The molecular formula is C18H22N10O2. The number of amides is 1. The molecule has 4 rings (SSSR count). The number of likely N-dealkylation sites (tertiary alicyclic amines) is 1. The fraction of sp³-hybridized carbons (Fsp3) is 0.389. The van der Waals surface area contributed by atoms with E-state index in [9.17, 15) is 4.79 Å². The number of pyridine rings is 1. The van der Waals surface area contributed by atoms with Crippen molar-refractivity contribution in [3.05, 3.63) is 41.5 Å². The van der Waals surface area contributed by atoms with Gasteiger partial charge in [0.2, 0.25) is 11.6 Å². The number of aromatic nitrogens is 6. The fourth-order valence-corrected chi connectivity index (χ4v) is 3.30. The van der Waals surface area contributed by atoms with Crippen LogP contribution in [-0.2, 0) is 6.54 Å². The van der Waals surface area contributed by atoms with Crippen molar-refractivity contribution >= 4 is 17.9 Å². The molecule has 3 aromatic heterocycles. The SMILES string of the molecule is Nc1nonc1-n1nnc(C(=O)N/N=C\c2ccncc2)c1CN1CCCCCC1. The Morgan fingerprint density at radius 3 is 2.67 bits per heavy atom. The van der Waals surface area contributed by atoms with Crippen molar-refractivity contribution in [2.45, 2.75) is 32.2 Å². The monoisotopic (exact) mass is 410 g/mol. The molecule has 12 nitrogen and oxygen atoms in total. The minimum absolute atomic E-state index is 0.0692. The van der Waals surface area contributed by atoms with Crippen LogP contribution in [0.5, 0.6) is 0 Å². The number of hydrogen-bond acceptors (Lipinski definition) is 10. The first kappa shape index (κ1) is 19.6. The number of nitrogens with two attached hydrogens (primary N) is 1. The maximum atomic E-state index is 12.8. The van der Waals surface area contributed by atoms with Gasteiger partial charge in [0.15, 0.2) is 5.69 Å². The summed E-state index contributed by atoms with van der Waals surface area (Å²) in [5.74, 6) is -0.210. The first-order valence-corrected chi connectivity index (χ1v) is 9.71. The van der Waals surface area contributed by atoms with E-state index in [1.165, 1.54) is 23.7 Å². The topological polar surface area (TPSA) is 153 Å². The molecule has 1 amide bonds. The molecule has 156 valence electrons. The van der Waals surface area contributed by atoms with Gasteiger partial charge in [-0.25, -0.2) is 10.1 Å². The van der Waals surface area contributed by atoms with Gasteiger partial charge in [0.05, 0.1) is 11.9 Å². The van der Waals surface area contributed by atoms with Gasteiger partial charge in [-0.1, -0.05) is 18.1 Å². The van der Waals surface area contributed by atoms with Gasteiger partial charge in [-0.15, -0.1) is 5.10 Å². The summed E-state index contributed by atoms with van der Waals surface area (Å²) in [4.78, 5) is 19.0. The highest BCUT2D eigenvalue weighted by Crippen LogP contribution is 2.19. The summed E-state index contributed by atoms with van der Waals surface area (Å²) in [5, 5.41) is 19.5. The molecule has 0 saturated carbocycles. The second kappa shape index (κ2) is 9.22. The Morgan fingerprint density at radius 1 is 1.20 bits per heavy atom. The van der Waals surface area contributed by atoms with Gasteiger partial charge >= 0.3 is 0 Å². The van der Waals surface area contributed by atoms with Gasteiger partial charge in [-0.3, -0.25) is 14.7 Å². The molecule has 0 atom stereocenters. The lowest BCUT2D eigenvalue weighted by Crippen LogP contribution is -2.28. The molecule has 1 fully saturated rings. The molecule has 0 bridgehead atoms. The van der Waals surface area contributed by atoms with Crippen molar-refractivity contribution in [1.29, 1.82) is 0 Å². The normalized spacial score (nSPS) is 15.3. The van der Waals surface area contributed by atoms with E-state index in [2.05, 4.69) is 41.0 Å². The lowest BCUT2D eigenvalue weighted by Gasteiger charge is -2.20. The van der Waals surface area contributed by atoms with Crippen LogP contribution in [0.3, 0.4) is 0 Å². The molecule has 0 spiro atoms. The molecule has 0 aliphatic carbocycles. The zero-order chi connectivity index (χ0) is 20.8. The average Bonchev–Trinajstić information content (AvgIpc) is 3.26. The van der Waals surface area contributed by atoms with E-state index < -0.39 is 5.91 Å². The molecule has 30 heavy (non-hydrogen) atoms. The van der Waals surface area contributed by atoms with Crippen molar-refractivity contribution in [2.75, 3.05) is 18.8 Å². The van der Waals surface area contributed by atoms with Gasteiger partial charge in [-0.2, -0.15) is 9.78 Å². The second-order valence-corrected chi connectivity index (χ2v) is 6.94. The third kappa shape index (κ3) is 4.49. The maximum absolute atomic E-state index is 12.8. The summed E-state index contributed by atoms with van der Waals surface area (Å²) in [5.41, 5.74) is 9.83. The molecule has 3 N–H and O–H groups in total. The van der Waals surface area contributed by atoms with Crippen LogP contribution in [0.4, 0.5) is 5.82 Å². The van der Waals surface area contributed by atoms with Crippen molar-refractivity contribution in [3.8, 4) is 5.82 Å². The van der Waals surface area contributed by atoms with E-state index in [1.807, 2.05) is 0 Å². The zero-order valence-electron chi connectivity index (χ0n) is 16.3. The van der Waals surface area contributed by atoms with Gasteiger partial charge in [0, 0.05) is 18.9 Å². The Labute approximate surface area is 172 Å². The highest BCUT2D eigenvalue weighted by molar-refractivity contribution is 5.94. The van der Waals surface area contributed by atoms with E-state index in [0.717, 1.165) is 31.5 Å². The molecule has 0 aromatic carbocycles. The Bertz CT molecular complexity index is 1010. The summed E-state index contributed by atoms with van der Waals surface area (Å²) in [6, 6.07) is 3.55. The highest BCUT2D eigenvalue weighted by atomic mass is 16.6. The number of nitrogen functional groups attached to an aromatic ring is 1. The van der Waals surface area contributed by atoms with Crippen LogP contribution in [0.25, 0.3) is 5.82 Å². The summed E-state index contributed by atoms with van der Waals surface area (Å²) in [6.07, 6.45) is 9.42. The number of hydrazone groups is 1. The quantitative estimate of drug-likeness (QED) is 0.443. The number of carbonyl (C=O) groups excluding carboxylic acids is 1. The first-order valence-electron chi connectivity index (χ1n) is 9.71. The van der Waals surface area contributed by atoms with Crippen molar-refractivity contribution < 1.29 is 9.42 Å². The first-order chi connectivity index (χ1) is 14.7. The van der Waals surface area contributed by atoms with E-state index in [0.29, 0.717) is 12.2 Å². The number of carbonyl (C=O) groups is 1. The predicted molar refractivity (Wildman–Crippen MR) is 107 cm³/mol. The predicted octanol–water partition coefficient (Wildman–Crippen LogP) is 0.767. The average molecular weight is 410 g/mol. The van der Waals surface area contributed by atoms with Gasteiger partial charge in [0.25, 0.3) is 5.91 Å². The molecule has 0 unspecified atom stereocenters. The minimum atomic E-state index is -0.480. The van der Waals surface area contributed by atoms with Crippen LogP contribution < -0.4 is 11.2 Å². The number of rotatable bonds is 6. The van der Waals surface area contributed by atoms with Crippen LogP contribution in [0.2, 0.25) is 0 Å². The number of nitrogens with zero attached hydrogens (tertiary/aromatic N) is 8. The summed E-state index contributed by atoms with van der Waals surface area (Å²) in [7, 11) is 0. The Kier molecular flexibility index (Phi) is 6.03. The van der Waals surface area contributed by atoms with Gasteiger partial charge < -0.3 is 5.73 Å². The van der Waals surface area contributed by atoms with Crippen LogP contribution in [0, 0.1) is 0 Å². The van der Waals surface area contributed by atoms with E-state index >= 15 is 0 Å². The summed E-state index contributed by atoms with van der Waals surface area (Å²) < 4.78 is 6.09. The maximum Gasteiger partial charge on any atom is 0.293 e. The second-order valence-electron chi connectivity index (χ2n) is 6.94. The number of anilines is 1. The lowest BCUT2D eigenvalue weighted by molar-refractivity contribution is 0.0948. The third-order valence-electron chi connectivity index (χ3n) is 4.83. The third-order valence-corrected chi connectivity index (χ3v) is 4.83. The molecule has 0 radical (unpaired) electrons. The molecule has 1 aliphatic heterocycles.